The van der Waals surface area contributed by atoms with E-state index >= 15 is 0 Å². The van der Waals surface area contributed by atoms with Gasteiger partial charge >= 0.3 is 0 Å². The van der Waals surface area contributed by atoms with Crippen LogP contribution in [0.1, 0.15) is 29.1 Å². The van der Waals surface area contributed by atoms with Gasteiger partial charge in [-0.25, -0.2) is 4.98 Å². The minimum Gasteiger partial charge on any atom is -0.340 e. The summed E-state index contributed by atoms with van der Waals surface area (Å²) in [5.41, 5.74) is 6.41. The van der Waals surface area contributed by atoms with Gasteiger partial charge in [-0.05, 0) is 25.8 Å². The third-order valence-corrected chi connectivity index (χ3v) is 5.48. The fourth-order valence-corrected chi connectivity index (χ4v) is 3.82. The number of carbonyl (C=O) groups is 1. The zero-order chi connectivity index (χ0) is 17.1. The molecule has 1 fully saturated rings. The van der Waals surface area contributed by atoms with Crippen molar-refractivity contribution in [3.63, 3.8) is 0 Å². The number of amides is 1. The molecule has 2 aromatic heterocycles. The lowest BCUT2D eigenvalue weighted by Crippen LogP contribution is -2.48. The minimum absolute atomic E-state index is 0.256. The quantitative estimate of drug-likeness (QED) is 0.827. The molecule has 0 N–H and O–H groups in total. The summed E-state index contributed by atoms with van der Waals surface area (Å²) in [5, 5.41) is 6.52. The smallest absolute Gasteiger partial charge is 0.222 e. The van der Waals surface area contributed by atoms with Crippen molar-refractivity contribution in [3.8, 4) is 0 Å². The fourth-order valence-electron chi connectivity index (χ4n) is 3.27. The average molecular weight is 347 g/mol. The Balaban J connectivity index is 1.47. The summed E-state index contributed by atoms with van der Waals surface area (Å²) in [6, 6.07) is 0. The van der Waals surface area contributed by atoms with Crippen molar-refractivity contribution in [3.05, 3.63) is 33.5 Å². The van der Waals surface area contributed by atoms with E-state index in [4.69, 9.17) is 0 Å². The molecule has 3 rings (SSSR count). The molecule has 7 heteroatoms. The first kappa shape index (κ1) is 17.1. The highest BCUT2D eigenvalue weighted by Gasteiger charge is 2.22. The number of carbonyl (C=O) groups excluding carboxylic acids is 1. The number of nitrogens with zero attached hydrogens (tertiary/aromatic N) is 5. The van der Waals surface area contributed by atoms with Crippen molar-refractivity contribution in [2.24, 2.45) is 7.05 Å². The molecule has 0 radical (unpaired) electrons. The Kier molecular flexibility index (Phi) is 5.30. The van der Waals surface area contributed by atoms with E-state index in [9.17, 15) is 4.79 Å². The van der Waals surface area contributed by atoms with Gasteiger partial charge in [0.15, 0.2) is 0 Å². The van der Waals surface area contributed by atoms with E-state index in [2.05, 4.69) is 27.3 Å². The van der Waals surface area contributed by atoms with Crippen molar-refractivity contribution >= 4 is 17.2 Å². The van der Waals surface area contributed by atoms with Crippen LogP contribution in [0.15, 0.2) is 10.9 Å². The average Bonchev–Trinajstić information content (AvgIpc) is 3.15. The van der Waals surface area contributed by atoms with Gasteiger partial charge in [-0.2, -0.15) is 5.10 Å². The summed E-state index contributed by atoms with van der Waals surface area (Å²) < 4.78 is 1.90. The second-order valence-electron chi connectivity index (χ2n) is 6.41. The Hall–Kier alpha value is -1.73. The van der Waals surface area contributed by atoms with Crippen LogP contribution in [0.2, 0.25) is 0 Å². The van der Waals surface area contributed by atoms with Gasteiger partial charge in [0.25, 0.3) is 0 Å². The third-order valence-electron chi connectivity index (χ3n) is 4.84. The zero-order valence-electron chi connectivity index (χ0n) is 14.7. The monoisotopic (exact) mass is 347 g/mol. The Morgan fingerprint density at radius 1 is 1.25 bits per heavy atom. The van der Waals surface area contributed by atoms with Crippen LogP contribution in [0.4, 0.5) is 0 Å². The molecule has 3 heterocycles. The van der Waals surface area contributed by atoms with Crippen LogP contribution in [0, 0.1) is 13.8 Å². The lowest BCUT2D eigenvalue weighted by molar-refractivity contribution is -0.133. The molecule has 0 spiro atoms. The molecule has 0 bridgehead atoms. The van der Waals surface area contributed by atoms with Gasteiger partial charge in [0, 0.05) is 57.3 Å². The first-order valence-corrected chi connectivity index (χ1v) is 9.35. The molecule has 1 amide bonds. The number of thiazole rings is 1. The predicted octanol–water partition coefficient (Wildman–Crippen LogP) is 1.77. The van der Waals surface area contributed by atoms with Gasteiger partial charge < -0.3 is 4.90 Å². The van der Waals surface area contributed by atoms with Gasteiger partial charge in [0.2, 0.25) is 5.91 Å². The number of aromatic nitrogens is 3. The van der Waals surface area contributed by atoms with Crippen LogP contribution >= 0.6 is 11.3 Å². The Morgan fingerprint density at radius 2 is 2.00 bits per heavy atom. The topological polar surface area (TPSA) is 54.3 Å². The number of hydrogen-bond donors (Lipinski definition) is 0. The van der Waals surface area contributed by atoms with Crippen molar-refractivity contribution in [1.82, 2.24) is 24.6 Å². The molecular formula is C17H25N5OS. The maximum Gasteiger partial charge on any atom is 0.222 e. The lowest BCUT2D eigenvalue weighted by Gasteiger charge is -2.34. The van der Waals surface area contributed by atoms with Crippen molar-refractivity contribution in [1.29, 1.82) is 0 Å². The van der Waals surface area contributed by atoms with Crippen molar-refractivity contribution < 1.29 is 4.79 Å². The minimum atomic E-state index is 0.256. The van der Waals surface area contributed by atoms with Gasteiger partial charge in [0.05, 0.1) is 16.9 Å². The largest absolute Gasteiger partial charge is 0.340 e. The SMILES string of the molecule is Cc1nn(C)c(C)c1CCC(=O)N1CCN(Cc2cscn2)CC1. The molecule has 0 aromatic carbocycles. The van der Waals surface area contributed by atoms with E-state index < -0.39 is 0 Å². The molecule has 24 heavy (non-hydrogen) atoms. The normalized spacial score (nSPS) is 15.9. The highest BCUT2D eigenvalue weighted by molar-refractivity contribution is 7.07. The highest BCUT2D eigenvalue weighted by atomic mass is 32.1. The first-order valence-electron chi connectivity index (χ1n) is 8.41. The van der Waals surface area contributed by atoms with E-state index in [0.29, 0.717) is 6.42 Å². The summed E-state index contributed by atoms with van der Waals surface area (Å²) in [6.07, 6.45) is 1.35. The molecule has 6 nitrogen and oxygen atoms in total. The predicted molar refractivity (Wildman–Crippen MR) is 95.0 cm³/mol. The van der Waals surface area contributed by atoms with Crippen LogP contribution in [0.3, 0.4) is 0 Å². The molecule has 1 aliphatic rings. The summed E-state index contributed by atoms with van der Waals surface area (Å²) in [5.74, 6) is 0.256. The molecule has 130 valence electrons. The molecule has 0 saturated carbocycles. The third kappa shape index (κ3) is 3.84. The highest BCUT2D eigenvalue weighted by Crippen LogP contribution is 2.15. The van der Waals surface area contributed by atoms with Crippen LogP contribution < -0.4 is 0 Å². The molecule has 0 unspecified atom stereocenters. The molecule has 2 aromatic rings. The zero-order valence-corrected chi connectivity index (χ0v) is 15.5. The Morgan fingerprint density at radius 3 is 2.58 bits per heavy atom. The summed E-state index contributed by atoms with van der Waals surface area (Å²) in [7, 11) is 1.95. The second kappa shape index (κ2) is 7.44. The van der Waals surface area contributed by atoms with Crippen LogP contribution in [-0.4, -0.2) is 56.7 Å². The van der Waals surface area contributed by atoms with Crippen molar-refractivity contribution in [2.45, 2.75) is 33.2 Å². The van der Waals surface area contributed by atoms with Crippen LogP contribution in [0.25, 0.3) is 0 Å². The van der Waals surface area contributed by atoms with Crippen LogP contribution in [0.5, 0.6) is 0 Å². The maximum absolute atomic E-state index is 12.5. The van der Waals surface area contributed by atoms with Gasteiger partial charge in [-0.3, -0.25) is 14.4 Å². The Bertz CT molecular complexity index is 686. The van der Waals surface area contributed by atoms with Crippen LogP contribution in [-0.2, 0) is 24.8 Å². The van der Waals surface area contributed by atoms with E-state index in [1.54, 1.807) is 11.3 Å². The molecule has 0 atom stereocenters. The number of hydrogen-bond acceptors (Lipinski definition) is 5. The first-order chi connectivity index (χ1) is 11.5. The van der Waals surface area contributed by atoms with E-state index in [1.807, 2.05) is 29.1 Å². The summed E-state index contributed by atoms with van der Waals surface area (Å²) in [6.45, 7) is 8.45. The molecular weight excluding hydrogens is 322 g/mol. The second-order valence-corrected chi connectivity index (χ2v) is 7.13. The number of aryl methyl sites for hydroxylation is 2. The fraction of sp³-hybridized carbons (Fsp3) is 0.588. The standard InChI is InChI=1S/C17H25N5OS/c1-13-16(14(2)20(3)19-13)4-5-17(23)22-8-6-21(7-9-22)10-15-11-24-12-18-15/h11-12H,4-10H2,1-3H3. The lowest BCUT2D eigenvalue weighted by atomic mass is 10.1. The van der Waals surface area contributed by atoms with E-state index in [-0.39, 0.29) is 5.91 Å². The van der Waals surface area contributed by atoms with E-state index in [0.717, 1.165) is 56.2 Å². The number of piperazine rings is 1. The maximum atomic E-state index is 12.5. The number of rotatable bonds is 5. The molecule has 1 saturated heterocycles. The van der Waals surface area contributed by atoms with Gasteiger partial charge in [0.1, 0.15) is 0 Å². The summed E-state index contributed by atoms with van der Waals surface area (Å²) in [4.78, 5) is 21.2. The summed E-state index contributed by atoms with van der Waals surface area (Å²) >= 11 is 1.63. The van der Waals surface area contributed by atoms with E-state index in [1.165, 1.54) is 5.56 Å². The molecule has 1 aliphatic heterocycles. The molecule has 0 aliphatic carbocycles. The van der Waals surface area contributed by atoms with Gasteiger partial charge in [-0.15, -0.1) is 11.3 Å². The van der Waals surface area contributed by atoms with Gasteiger partial charge in [-0.1, -0.05) is 0 Å². The van der Waals surface area contributed by atoms with Crippen molar-refractivity contribution in [2.75, 3.05) is 26.2 Å². The Labute approximate surface area is 147 Å².